The lowest BCUT2D eigenvalue weighted by Gasteiger charge is -2.36. The van der Waals surface area contributed by atoms with Gasteiger partial charge >= 0.3 is 0 Å². The van der Waals surface area contributed by atoms with Crippen molar-refractivity contribution in [3.8, 4) is 5.75 Å². The summed E-state index contributed by atoms with van der Waals surface area (Å²) in [5.74, 6) is -1.08. The number of aromatic hydroxyl groups is 1. The molecule has 4 N–H and O–H groups in total. The van der Waals surface area contributed by atoms with Gasteiger partial charge in [0.1, 0.15) is 5.70 Å². The maximum Gasteiger partial charge on any atom is 0.257 e. The standard InChI is InChI=1S/C20H23N3O4S/c1-20(2,13-9-6-10-28-13)22-15-14(17(25)18(15)26)21-12-8-5-7-11(16(12)24)19(27)23(3)4/h5-10,18,21-22,24,26H,1-4H3. The third kappa shape index (κ3) is 3.48. The van der Waals surface area contributed by atoms with Crippen LogP contribution in [0.5, 0.6) is 5.75 Å². The number of nitrogens with zero attached hydrogens (tertiary/aromatic N) is 1. The van der Waals surface area contributed by atoms with Gasteiger partial charge in [0.2, 0.25) is 5.78 Å². The van der Waals surface area contributed by atoms with E-state index in [0.29, 0.717) is 5.70 Å². The monoisotopic (exact) mass is 401 g/mol. The summed E-state index contributed by atoms with van der Waals surface area (Å²) in [4.78, 5) is 26.8. The molecule has 0 radical (unpaired) electrons. The highest BCUT2D eigenvalue weighted by atomic mass is 32.1. The third-order valence-corrected chi connectivity index (χ3v) is 5.75. The van der Waals surface area contributed by atoms with E-state index in [1.54, 1.807) is 37.6 Å². The smallest absolute Gasteiger partial charge is 0.257 e. The minimum Gasteiger partial charge on any atom is -0.505 e. The molecular weight excluding hydrogens is 378 g/mol. The molecule has 2 aromatic rings. The Morgan fingerprint density at radius 2 is 1.93 bits per heavy atom. The Morgan fingerprint density at radius 3 is 2.54 bits per heavy atom. The number of phenols is 1. The molecule has 3 rings (SSSR count). The largest absolute Gasteiger partial charge is 0.505 e. The van der Waals surface area contributed by atoms with Crippen LogP contribution in [0.1, 0.15) is 29.1 Å². The average molecular weight is 401 g/mol. The summed E-state index contributed by atoms with van der Waals surface area (Å²) in [6.07, 6.45) is -1.25. The van der Waals surface area contributed by atoms with E-state index in [9.17, 15) is 19.8 Å². The third-order valence-electron chi connectivity index (χ3n) is 4.55. The second-order valence-electron chi connectivity index (χ2n) is 7.31. The highest BCUT2D eigenvalue weighted by molar-refractivity contribution is 7.10. The number of hydrogen-bond donors (Lipinski definition) is 4. The maximum atomic E-state index is 12.2. The summed E-state index contributed by atoms with van der Waals surface area (Å²) in [5, 5.41) is 28.7. The number of thiophene rings is 1. The summed E-state index contributed by atoms with van der Waals surface area (Å²) < 4.78 is 0. The van der Waals surface area contributed by atoms with E-state index in [4.69, 9.17) is 0 Å². The van der Waals surface area contributed by atoms with Gasteiger partial charge in [0.25, 0.3) is 5.91 Å². The lowest BCUT2D eigenvalue weighted by molar-refractivity contribution is -0.124. The molecule has 8 heteroatoms. The molecule has 0 aliphatic heterocycles. The van der Waals surface area contributed by atoms with Crippen molar-refractivity contribution in [2.75, 3.05) is 19.4 Å². The number of ketones is 1. The number of nitrogens with one attached hydrogen (secondary N) is 2. The van der Waals surface area contributed by atoms with Crippen LogP contribution in [0.2, 0.25) is 0 Å². The minimum atomic E-state index is -1.25. The molecule has 1 aliphatic carbocycles. The molecule has 1 aromatic heterocycles. The maximum absolute atomic E-state index is 12.2. The summed E-state index contributed by atoms with van der Waals surface area (Å²) in [6.45, 7) is 3.90. The van der Waals surface area contributed by atoms with E-state index in [1.165, 1.54) is 11.0 Å². The molecule has 0 bridgehead atoms. The molecule has 1 atom stereocenters. The number of aliphatic hydroxyl groups excluding tert-OH is 1. The zero-order chi connectivity index (χ0) is 20.6. The summed E-state index contributed by atoms with van der Waals surface area (Å²) in [7, 11) is 3.18. The van der Waals surface area contributed by atoms with Gasteiger partial charge in [-0.05, 0) is 37.4 Å². The molecule has 0 fully saturated rings. The first-order valence-corrected chi connectivity index (χ1v) is 9.60. The Hall–Kier alpha value is -2.84. The zero-order valence-electron chi connectivity index (χ0n) is 16.1. The molecule has 148 valence electrons. The number of anilines is 1. The van der Waals surface area contributed by atoms with E-state index in [2.05, 4.69) is 10.6 Å². The van der Waals surface area contributed by atoms with Crippen LogP contribution in [0.25, 0.3) is 0 Å². The lowest BCUT2D eigenvalue weighted by Crippen LogP contribution is -2.50. The molecule has 7 nitrogen and oxygen atoms in total. The molecule has 1 unspecified atom stereocenters. The fraction of sp³-hybridized carbons (Fsp3) is 0.300. The summed E-state index contributed by atoms with van der Waals surface area (Å²) >= 11 is 1.57. The van der Waals surface area contributed by atoms with Gasteiger partial charge in [0.05, 0.1) is 22.5 Å². The van der Waals surface area contributed by atoms with Gasteiger partial charge in [-0.2, -0.15) is 0 Å². The normalized spacial score (nSPS) is 16.6. The van der Waals surface area contributed by atoms with Crippen molar-refractivity contribution in [2.45, 2.75) is 25.5 Å². The van der Waals surface area contributed by atoms with Crippen molar-refractivity contribution in [1.29, 1.82) is 0 Å². The first kappa shape index (κ1) is 19.9. The molecular formula is C20H23N3O4S. The molecule has 28 heavy (non-hydrogen) atoms. The van der Waals surface area contributed by atoms with Gasteiger partial charge in [-0.25, -0.2) is 0 Å². The fourth-order valence-corrected chi connectivity index (χ4v) is 3.75. The number of carbonyl (C=O) groups is 2. The van der Waals surface area contributed by atoms with Gasteiger partial charge < -0.3 is 25.7 Å². The van der Waals surface area contributed by atoms with Crippen LogP contribution < -0.4 is 10.6 Å². The molecule has 1 aromatic carbocycles. The van der Waals surface area contributed by atoms with Gasteiger partial charge in [-0.3, -0.25) is 9.59 Å². The SMILES string of the molecule is CN(C)C(=O)c1cccc(NC2=C(NC(C)(C)c3cccs3)C(O)C2=O)c1O. The van der Waals surface area contributed by atoms with E-state index < -0.39 is 17.4 Å². The summed E-state index contributed by atoms with van der Waals surface area (Å²) in [5.41, 5.74) is 0.365. The van der Waals surface area contributed by atoms with Gasteiger partial charge in [-0.1, -0.05) is 12.1 Å². The van der Waals surface area contributed by atoms with Gasteiger partial charge in [-0.15, -0.1) is 11.3 Å². The number of phenolic OH excluding ortho intramolecular Hbond substituents is 1. The number of hydrogen-bond acceptors (Lipinski definition) is 7. The van der Waals surface area contributed by atoms with Gasteiger partial charge in [0.15, 0.2) is 11.9 Å². The number of para-hydroxylation sites is 1. The van der Waals surface area contributed by atoms with E-state index in [-0.39, 0.29) is 28.6 Å². The molecule has 1 heterocycles. The number of aliphatic hydroxyl groups is 1. The first-order valence-electron chi connectivity index (χ1n) is 8.72. The van der Waals surface area contributed by atoms with Crippen molar-refractivity contribution < 1.29 is 19.8 Å². The lowest BCUT2D eigenvalue weighted by atomic mass is 9.91. The Kier molecular flexibility index (Phi) is 5.18. The molecule has 0 saturated carbocycles. The Bertz CT molecular complexity index is 948. The first-order chi connectivity index (χ1) is 13.1. The van der Waals surface area contributed by atoms with Gasteiger partial charge in [0, 0.05) is 19.0 Å². The van der Waals surface area contributed by atoms with Crippen LogP contribution in [0.4, 0.5) is 5.69 Å². The second kappa shape index (κ2) is 7.29. The Morgan fingerprint density at radius 1 is 1.21 bits per heavy atom. The Balaban J connectivity index is 1.91. The van der Waals surface area contributed by atoms with Crippen LogP contribution in [0.15, 0.2) is 47.1 Å². The second-order valence-corrected chi connectivity index (χ2v) is 8.26. The number of rotatable bonds is 6. The number of Topliss-reactive ketones (excluding diaryl/α,β-unsaturated/α-hetero) is 1. The van der Waals surface area contributed by atoms with E-state index >= 15 is 0 Å². The highest BCUT2D eigenvalue weighted by Gasteiger charge is 2.41. The molecule has 0 saturated heterocycles. The minimum absolute atomic E-state index is 0.122. The average Bonchev–Trinajstić information content (AvgIpc) is 3.20. The number of carbonyl (C=O) groups excluding carboxylic acids is 2. The molecule has 1 amide bonds. The van der Waals surface area contributed by atoms with Crippen LogP contribution >= 0.6 is 11.3 Å². The van der Waals surface area contributed by atoms with Crippen LogP contribution in [-0.2, 0) is 10.3 Å². The predicted molar refractivity (Wildman–Crippen MR) is 108 cm³/mol. The van der Waals surface area contributed by atoms with Crippen LogP contribution in [0.3, 0.4) is 0 Å². The highest BCUT2D eigenvalue weighted by Crippen LogP contribution is 2.35. The number of benzene rings is 1. The van der Waals surface area contributed by atoms with Crippen molar-refractivity contribution in [1.82, 2.24) is 10.2 Å². The van der Waals surface area contributed by atoms with Crippen LogP contribution in [0, 0.1) is 0 Å². The van der Waals surface area contributed by atoms with Crippen molar-refractivity contribution in [3.05, 3.63) is 57.5 Å². The van der Waals surface area contributed by atoms with E-state index in [1.807, 2.05) is 31.4 Å². The summed E-state index contributed by atoms with van der Waals surface area (Å²) in [6, 6.07) is 8.59. The van der Waals surface area contributed by atoms with Crippen molar-refractivity contribution in [2.24, 2.45) is 0 Å². The Labute approximate surface area is 167 Å². The molecule has 1 aliphatic rings. The number of amides is 1. The van der Waals surface area contributed by atoms with E-state index in [0.717, 1.165) is 4.88 Å². The zero-order valence-corrected chi connectivity index (χ0v) is 16.9. The topological polar surface area (TPSA) is 102 Å². The molecule has 0 spiro atoms. The van der Waals surface area contributed by atoms with Crippen molar-refractivity contribution >= 4 is 28.7 Å². The van der Waals surface area contributed by atoms with Crippen molar-refractivity contribution in [3.63, 3.8) is 0 Å². The quantitative estimate of drug-likeness (QED) is 0.554. The predicted octanol–water partition coefficient (Wildman–Crippen LogP) is 2.25. The fourth-order valence-electron chi connectivity index (χ4n) is 2.94. The van der Waals surface area contributed by atoms with Crippen LogP contribution in [-0.4, -0.2) is 47.0 Å².